The molecule has 0 radical (unpaired) electrons. The summed E-state index contributed by atoms with van der Waals surface area (Å²) in [6.45, 7) is 7.99. The maximum absolute atomic E-state index is 11.7. The third kappa shape index (κ3) is 5.05. The number of nitriles is 1. The van der Waals surface area contributed by atoms with E-state index in [2.05, 4.69) is 16.3 Å². The molecule has 1 heterocycles. The highest BCUT2D eigenvalue weighted by atomic mass is 16.6. The third-order valence-corrected chi connectivity index (χ3v) is 4.07. The molecule has 0 bridgehead atoms. The van der Waals surface area contributed by atoms with Gasteiger partial charge >= 0.3 is 6.09 Å². The minimum absolute atomic E-state index is 0.359. The fourth-order valence-corrected chi connectivity index (χ4v) is 2.77. The zero-order valence-electron chi connectivity index (χ0n) is 14.6. The number of nitrogens with two attached hydrogens (primary N) is 1. The largest absolute Gasteiger partial charge is 0.444 e. The molecule has 1 amide bonds. The number of amides is 1. The number of ether oxygens (including phenoxy) is 1. The summed E-state index contributed by atoms with van der Waals surface area (Å²) in [6, 6.07) is 7.70. The Morgan fingerprint density at radius 1 is 1.42 bits per heavy atom. The van der Waals surface area contributed by atoms with Crippen molar-refractivity contribution in [1.82, 2.24) is 5.32 Å². The first-order valence-electron chi connectivity index (χ1n) is 8.30. The maximum atomic E-state index is 11.7. The summed E-state index contributed by atoms with van der Waals surface area (Å²) in [5, 5.41) is 11.9. The normalized spacial score (nSPS) is 15.7. The number of carbonyl (C=O) groups excluding carboxylic acids is 1. The van der Waals surface area contributed by atoms with Crippen molar-refractivity contribution >= 4 is 17.5 Å². The molecule has 2 rings (SSSR count). The van der Waals surface area contributed by atoms with E-state index in [1.165, 1.54) is 0 Å². The van der Waals surface area contributed by atoms with Gasteiger partial charge in [0, 0.05) is 31.0 Å². The molecule has 0 unspecified atom stereocenters. The van der Waals surface area contributed by atoms with Crippen LogP contribution in [-0.2, 0) is 4.74 Å². The molecule has 0 saturated carbocycles. The van der Waals surface area contributed by atoms with E-state index in [9.17, 15) is 4.79 Å². The van der Waals surface area contributed by atoms with Gasteiger partial charge in [0.15, 0.2) is 0 Å². The first-order chi connectivity index (χ1) is 11.3. The highest BCUT2D eigenvalue weighted by Gasteiger charge is 2.22. The van der Waals surface area contributed by atoms with Gasteiger partial charge in [0.05, 0.1) is 5.56 Å². The SMILES string of the molecule is CC(C)(C)OC(=O)NCC1CCN(c2ccc(N)c(C#N)c2)CC1. The molecule has 130 valence electrons. The smallest absolute Gasteiger partial charge is 0.407 e. The van der Waals surface area contributed by atoms with Crippen molar-refractivity contribution in [2.24, 2.45) is 5.92 Å². The first kappa shape index (κ1) is 17.9. The number of anilines is 2. The second kappa shape index (κ2) is 7.43. The van der Waals surface area contributed by atoms with Gasteiger partial charge in [-0.25, -0.2) is 4.79 Å². The number of nitrogens with one attached hydrogen (secondary N) is 1. The quantitative estimate of drug-likeness (QED) is 0.832. The van der Waals surface area contributed by atoms with E-state index in [-0.39, 0.29) is 6.09 Å². The van der Waals surface area contributed by atoms with E-state index in [4.69, 9.17) is 15.7 Å². The van der Waals surface area contributed by atoms with Gasteiger partial charge < -0.3 is 20.7 Å². The van der Waals surface area contributed by atoms with Crippen LogP contribution in [0.2, 0.25) is 0 Å². The van der Waals surface area contributed by atoms with Gasteiger partial charge in [0.2, 0.25) is 0 Å². The number of nitrogen functional groups attached to an aromatic ring is 1. The summed E-state index contributed by atoms with van der Waals surface area (Å²) < 4.78 is 5.25. The zero-order valence-corrected chi connectivity index (χ0v) is 14.6. The lowest BCUT2D eigenvalue weighted by atomic mass is 9.96. The van der Waals surface area contributed by atoms with Gasteiger partial charge in [0.25, 0.3) is 0 Å². The number of hydrogen-bond donors (Lipinski definition) is 2. The van der Waals surface area contributed by atoms with Crippen LogP contribution >= 0.6 is 0 Å². The van der Waals surface area contributed by atoms with E-state index >= 15 is 0 Å². The molecular weight excluding hydrogens is 304 g/mol. The van der Waals surface area contributed by atoms with Crippen molar-refractivity contribution in [2.45, 2.75) is 39.2 Å². The predicted molar refractivity (Wildman–Crippen MR) is 94.7 cm³/mol. The zero-order chi connectivity index (χ0) is 17.7. The lowest BCUT2D eigenvalue weighted by Crippen LogP contribution is -2.40. The summed E-state index contributed by atoms with van der Waals surface area (Å²) in [4.78, 5) is 14.0. The van der Waals surface area contributed by atoms with Crippen molar-refractivity contribution in [3.05, 3.63) is 23.8 Å². The van der Waals surface area contributed by atoms with E-state index in [1.54, 1.807) is 6.07 Å². The molecule has 0 atom stereocenters. The van der Waals surface area contributed by atoms with Crippen LogP contribution in [0.1, 0.15) is 39.2 Å². The van der Waals surface area contributed by atoms with Gasteiger partial charge in [-0.2, -0.15) is 5.26 Å². The first-order valence-corrected chi connectivity index (χ1v) is 8.30. The number of nitrogens with zero attached hydrogens (tertiary/aromatic N) is 2. The van der Waals surface area contributed by atoms with Gasteiger partial charge in [-0.15, -0.1) is 0 Å². The minimum Gasteiger partial charge on any atom is -0.444 e. The van der Waals surface area contributed by atoms with Crippen LogP contribution in [0.5, 0.6) is 0 Å². The van der Waals surface area contributed by atoms with Crippen LogP contribution in [0.15, 0.2) is 18.2 Å². The standard InChI is InChI=1S/C18H26N4O2/c1-18(2,3)24-17(23)21-12-13-6-8-22(9-7-13)15-4-5-16(20)14(10-15)11-19/h4-5,10,13H,6-9,12,20H2,1-3H3,(H,21,23). The number of piperidine rings is 1. The number of carbonyl (C=O) groups is 1. The molecule has 6 nitrogen and oxygen atoms in total. The van der Waals surface area contributed by atoms with Gasteiger partial charge in [0.1, 0.15) is 11.7 Å². The lowest BCUT2D eigenvalue weighted by molar-refractivity contribution is 0.0517. The fourth-order valence-electron chi connectivity index (χ4n) is 2.77. The van der Waals surface area contributed by atoms with Crippen molar-refractivity contribution in [2.75, 3.05) is 30.3 Å². The summed E-state index contributed by atoms with van der Waals surface area (Å²) >= 11 is 0. The molecule has 1 fully saturated rings. The van der Waals surface area contributed by atoms with E-state index in [0.717, 1.165) is 31.6 Å². The summed E-state index contributed by atoms with van der Waals surface area (Å²) in [6.07, 6.45) is 1.62. The molecule has 1 aromatic carbocycles. The fraction of sp³-hybridized carbons (Fsp3) is 0.556. The van der Waals surface area contributed by atoms with E-state index < -0.39 is 5.60 Å². The third-order valence-electron chi connectivity index (χ3n) is 4.07. The van der Waals surface area contributed by atoms with E-state index in [0.29, 0.717) is 23.7 Å². The van der Waals surface area contributed by atoms with E-state index in [1.807, 2.05) is 32.9 Å². The van der Waals surface area contributed by atoms with Crippen molar-refractivity contribution in [1.29, 1.82) is 5.26 Å². The van der Waals surface area contributed by atoms with Crippen LogP contribution < -0.4 is 16.0 Å². The Labute approximate surface area is 143 Å². The summed E-state index contributed by atoms with van der Waals surface area (Å²) in [5.74, 6) is 0.443. The molecule has 3 N–H and O–H groups in total. The summed E-state index contributed by atoms with van der Waals surface area (Å²) in [5.41, 5.74) is 7.35. The molecule has 1 saturated heterocycles. The van der Waals surface area contributed by atoms with Crippen LogP contribution in [-0.4, -0.2) is 31.3 Å². The molecular formula is C18H26N4O2. The molecule has 1 aliphatic heterocycles. The predicted octanol–water partition coefficient (Wildman–Crippen LogP) is 2.88. The van der Waals surface area contributed by atoms with Crippen molar-refractivity contribution in [3.63, 3.8) is 0 Å². The van der Waals surface area contributed by atoms with Crippen LogP contribution in [0.3, 0.4) is 0 Å². The number of hydrogen-bond acceptors (Lipinski definition) is 5. The molecule has 0 spiro atoms. The Bertz CT molecular complexity index is 623. The van der Waals surface area contributed by atoms with Gasteiger partial charge in [-0.05, 0) is 57.7 Å². The molecule has 24 heavy (non-hydrogen) atoms. The monoisotopic (exact) mass is 330 g/mol. The highest BCUT2D eigenvalue weighted by molar-refractivity contribution is 5.67. The van der Waals surface area contributed by atoms with Crippen LogP contribution in [0.25, 0.3) is 0 Å². The Hall–Kier alpha value is -2.42. The highest BCUT2D eigenvalue weighted by Crippen LogP contribution is 2.25. The Morgan fingerprint density at radius 2 is 2.08 bits per heavy atom. The second-order valence-electron chi connectivity index (χ2n) is 7.20. The van der Waals surface area contributed by atoms with Gasteiger partial charge in [-0.1, -0.05) is 0 Å². The average molecular weight is 330 g/mol. The average Bonchev–Trinajstić information content (AvgIpc) is 2.52. The molecule has 1 aliphatic rings. The Kier molecular flexibility index (Phi) is 5.55. The maximum Gasteiger partial charge on any atom is 0.407 e. The molecule has 0 aliphatic carbocycles. The molecule has 6 heteroatoms. The number of alkyl carbamates (subject to hydrolysis) is 1. The Balaban J connectivity index is 1.81. The topological polar surface area (TPSA) is 91.4 Å². The molecule has 0 aromatic heterocycles. The molecule has 1 aromatic rings. The summed E-state index contributed by atoms with van der Waals surface area (Å²) in [7, 11) is 0. The van der Waals surface area contributed by atoms with Crippen LogP contribution in [0, 0.1) is 17.2 Å². The minimum atomic E-state index is -0.471. The second-order valence-corrected chi connectivity index (χ2v) is 7.20. The van der Waals surface area contributed by atoms with Crippen molar-refractivity contribution in [3.8, 4) is 6.07 Å². The van der Waals surface area contributed by atoms with Gasteiger partial charge in [-0.3, -0.25) is 0 Å². The van der Waals surface area contributed by atoms with Crippen molar-refractivity contribution < 1.29 is 9.53 Å². The van der Waals surface area contributed by atoms with Crippen LogP contribution in [0.4, 0.5) is 16.2 Å². The lowest BCUT2D eigenvalue weighted by Gasteiger charge is -2.34. The number of benzene rings is 1. The Morgan fingerprint density at radius 3 is 2.67 bits per heavy atom. The number of rotatable bonds is 3.